The molecule has 2 N–H and O–H groups in total. The van der Waals surface area contributed by atoms with E-state index in [2.05, 4.69) is 34.2 Å². The molecule has 0 amide bonds. The number of hydrogen-bond donors (Lipinski definition) is 2. The monoisotopic (exact) mass is 246 g/mol. The third-order valence-electron chi connectivity index (χ3n) is 2.94. The number of H-pyrrole nitrogens is 1. The SMILES string of the molecule is CCN(C)CCNc1nc2ccccc2c(=O)[nH]1. The average Bonchev–Trinajstić information content (AvgIpc) is 2.38. The van der Waals surface area contributed by atoms with Crippen molar-refractivity contribution in [2.24, 2.45) is 0 Å². The molecule has 2 aromatic rings. The second-order valence-corrected chi connectivity index (χ2v) is 4.25. The third-order valence-corrected chi connectivity index (χ3v) is 2.94. The van der Waals surface area contributed by atoms with Gasteiger partial charge < -0.3 is 10.2 Å². The number of para-hydroxylation sites is 1. The van der Waals surface area contributed by atoms with Gasteiger partial charge in [-0.3, -0.25) is 9.78 Å². The Labute approximate surface area is 106 Å². The van der Waals surface area contributed by atoms with E-state index >= 15 is 0 Å². The zero-order valence-electron chi connectivity index (χ0n) is 10.7. The van der Waals surface area contributed by atoms with E-state index < -0.39 is 0 Å². The minimum absolute atomic E-state index is 0.105. The van der Waals surface area contributed by atoms with Gasteiger partial charge in [-0.2, -0.15) is 0 Å². The lowest BCUT2D eigenvalue weighted by Gasteiger charge is -2.14. The molecule has 1 aromatic heterocycles. The first kappa shape index (κ1) is 12.6. The lowest BCUT2D eigenvalue weighted by molar-refractivity contribution is 0.367. The number of aromatic nitrogens is 2. The maximum atomic E-state index is 11.8. The zero-order chi connectivity index (χ0) is 13.0. The molecule has 1 heterocycles. The van der Waals surface area contributed by atoms with Gasteiger partial charge in [0.15, 0.2) is 0 Å². The van der Waals surface area contributed by atoms with Gasteiger partial charge in [-0.15, -0.1) is 0 Å². The largest absolute Gasteiger partial charge is 0.354 e. The molecule has 5 heteroatoms. The molecule has 0 radical (unpaired) electrons. The summed E-state index contributed by atoms with van der Waals surface area (Å²) < 4.78 is 0. The molecule has 0 fully saturated rings. The van der Waals surface area contributed by atoms with Gasteiger partial charge >= 0.3 is 0 Å². The van der Waals surface area contributed by atoms with Crippen molar-refractivity contribution in [1.29, 1.82) is 0 Å². The Morgan fingerprint density at radius 3 is 2.94 bits per heavy atom. The Morgan fingerprint density at radius 1 is 1.39 bits per heavy atom. The van der Waals surface area contributed by atoms with E-state index in [9.17, 15) is 4.79 Å². The summed E-state index contributed by atoms with van der Waals surface area (Å²) in [7, 11) is 2.05. The number of hydrogen-bond acceptors (Lipinski definition) is 4. The fourth-order valence-corrected chi connectivity index (χ4v) is 1.69. The number of rotatable bonds is 5. The molecule has 1 aromatic carbocycles. The number of benzene rings is 1. The van der Waals surface area contributed by atoms with Crippen LogP contribution in [0, 0.1) is 0 Å². The van der Waals surface area contributed by atoms with Crippen molar-refractivity contribution in [3.63, 3.8) is 0 Å². The maximum absolute atomic E-state index is 11.8. The summed E-state index contributed by atoms with van der Waals surface area (Å²) in [5.41, 5.74) is 0.611. The van der Waals surface area contributed by atoms with Crippen LogP contribution in [0.4, 0.5) is 5.95 Å². The molecule has 0 aliphatic carbocycles. The van der Waals surface area contributed by atoms with Crippen LogP contribution in [0.3, 0.4) is 0 Å². The van der Waals surface area contributed by atoms with E-state index in [1.165, 1.54) is 0 Å². The molecule has 0 saturated heterocycles. The fraction of sp³-hybridized carbons (Fsp3) is 0.385. The van der Waals surface area contributed by atoms with Crippen LogP contribution in [0.1, 0.15) is 6.92 Å². The maximum Gasteiger partial charge on any atom is 0.260 e. The molecule has 0 aliphatic rings. The van der Waals surface area contributed by atoms with Gasteiger partial charge in [-0.05, 0) is 25.7 Å². The molecule has 5 nitrogen and oxygen atoms in total. The van der Waals surface area contributed by atoms with Gasteiger partial charge in [0.1, 0.15) is 0 Å². The number of fused-ring (bicyclic) bond motifs is 1. The van der Waals surface area contributed by atoms with E-state index in [-0.39, 0.29) is 5.56 Å². The van der Waals surface area contributed by atoms with Gasteiger partial charge in [0.2, 0.25) is 5.95 Å². The van der Waals surface area contributed by atoms with Crippen LogP contribution in [-0.2, 0) is 0 Å². The molecule has 0 saturated carbocycles. The Balaban J connectivity index is 2.12. The van der Waals surface area contributed by atoms with Crippen molar-refractivity contribution in [1.82, 2.24) is 14.9 Å². The van der Waals surface area contributed by atoms with Crippen LogP contribution in [0.5, 0.6) is 0 Å². The number of aromatic amines is 1. The standard InChI is InChI=1S/C13H18N4O/c1-3-17(2)9-8-14-13-15-11-7-5-4-6-10(11)12(18)16-13/h4-7H,3,8-9H2,1-2H3,(H2,14,15,16,18). The van der Waals surface area contributed by atoms with E-state index in [1.807, 2.05) is 18.2 Å². The number of anilines is 1. The molecule has 0 atom stereocenters. The van der Waals surface area contributed by atoms with Crippen LogP contribution < -0.4 is 10.9 Å². The predicted octanol–water partition coefficient (Wildman–Crippen LogP) is 1.29. The lowest BCUT2D eigenvalue weighted by atomic mass is 10.2. The molecule has 18 heavy (non-hydrogen) atoms. The van der Waals surface area contributed by atoms with Crippen LogP contribution in [-0.4, -0.2) is 41.5 Å². The highest BCUT2D eigenvalue weighted by atomic mass is 16.1. The summed E-state index contributed by atoms with van der Waals surface area (Å²) in [5, 5.41) is 3.75. The highest BCUT2D eigenvalue weighted by Gasteiger charge is 2.02. The van der Waals surface area contributed by atoms with E-state index in [1.54, 1.807) is 6.07 Å². The van der Waals surface area contributed by atoms with E-state index in [0.717, 1.165) is 19.6 Å². The minimum Gasteiger partial charge on any atom is -0.354 e. The molecule has 2 rings (SSSR count). The molecule has 0 unspecified atom stereocenters. The van der Waals surface area contributed by atoms with Crippen LogP contribution in [0.25, 0.3) is 10.9 Å². The quantitative estimate of drug-likeness (QED) is 0.834. The molecular formula is C13H18N4O. The van der Waals surface area contributed by atoms with Gasteiger partial charge in [0, 0.05) is 13.1 Å². The smallest absolute Gasteiger partial charge is 0.260 e. The Morgan fingerprint density at radius 2 is 2.17 bits per heavy atom. The fourth-order valence-electron chi connectivity index (χ4n) is 1.69. The average molecular weight is 246 g/mol. The number of likely N-dealkylation sites (N-methyl/N-ethyl adjacent to an activating group) is 1. The van der Waals surface area contributed by atoms with Gasteiger partial charge in [0.25, 0.3) is 5.56 Å². The summed E-state index contributed by atoms with van der Waals surface area (Å²) in [6.07, 6.45) is 0. The first-order valence-electron chi connectivity index (χ1n) is 6.12. The van der Waals surface area contributed by atoms with E-state index in [0.29, 0.717) is 16.9 Å². The van der Waals surface area contributed by atoms with Crippen LogP contribution in [0.15, 0.2) is 29.1 Å². The molecule has 0 spiro atoms. The summed E-state index contributed by atoms with van der Waals surface area (Å²) in [6.45, 7) is 4.78. The second kappa shape index (κ2) is 5.64. The second-order valence-electron chi connectivity index (χ2n) is 4.25. The summed E-state index contributed by atoms with van der Waals surface area (Å²) >= 11 is 0. The van der Waals surface area contributed by atoms with E-state index in [4.69, 9.17) is 0 Å². The van der Waals surface area contributed by atoms with Crippen molar-refractivity contribution >= 4 is 16.9 Å². The predicted molar refractivity (Wildman–Crippen MR) is 74.0 cm³/mol. The zero-order valence-corrected chi connectivity index (χ0v) is 10.7. The summed E-state index contributed by atoms with van der Waals surface area (Å²) in [6, 6.07) is 7.33. The first-order valence-corrected chi connectivity index (χ1v) is 6.12. The normalized spacial score (nSPS) is 11.1. The topological polar surface area (TPSA) is 61.0 Å². The van der Waals surface area contributed by atoms with Crippen LogP contribution >= 0.6 is 0 Å². The third kappa shape index (κ3) is 2.87. The van der Waals surface area contributed by atoms with Gasteiger partial charge in [-0.25, -0.2) is 4.98 Å². The lowest BCUT2D eigenvalue weighted by Crippen LogP contribution is -2.25. The van der Waals surface area contributed by atoms with Crippen molar-refractivity contribution in [2.45, 2.75) is 6.92 Å². The van der Waals surface area contributed by atoms with Crippen molar-refractivity contribution in [3.05, 3.63) is 34.6 Å². The van der Waals surface area contributed by atoms with Crippen molar-refractivity contribution in [2.75, 3.05) is 32.0 Å². The highest BCUT2D eigenvalue weighted by Crippen LogP contribution is 2.07. The van der Waals surface area contributed by atoms with Gasteiger partial charge in [-0.1, -0.05) is 19.1 Å². The van der Waals surface area contributed by atoms with Gasteiger partial charge in [0.05, 0.1) is 10.9 Å². The number of nitrogens with one attached hydrogen (secondary N) is 2. The Hall–Kier alpha value is -1.88. The van der Waals surface area contributed by atoms with Crippen LogP contribution in [0.2, 0.25) is 0 Å². The Bertz CT molecular complexity index is 578. The molecule has 0 aliphatic heterocycles. The number of nitrogens with zero attached hydrogens (tertiary/aromatic N) is 2. The molecular weight excluding hydrogens is 228 g/mol. The summed E-state index contributed by atoms with van der Waals surface area (Å²) in [4.78, 5) is 21.1. The molecule has 0 bridgehead atoms. The molecule has 96 valence electrons. The first-order chi connectivity index (χ1) is 8.70. The summed E-state index contributed by atoms with van der Waals surface area (Å²) in [5.74, 6) is 0.531. The van der Waals surface area contributed by atoms with Crippen molar-refractivity contribution in [3.8, 4) is 0 Å². The highest BCUT2D eigenvalue weighted by molar-refractivity contribution is 5.78. The minimum atomic E-state index is -0.105. The van der Waals surface area contributed by atoms with Crippen molar-refractivity contribution < 1.29 is 0 Å². The Kier molecular flexibility index (Phi) is 3.94.